The fourth-order valence-electron chi connectivity index (χ4n) is 4.50. The van der Waals surface area contributed by atoms with Crippen molar-refractivity contribution in [3.8, 4) is 33.7 Å². The van der Waals surface area contributed by atoms with Gasteiger partial charge in [0.2, 0.25) is 0 Å². The molecule has 0 amide bonds. The van der Waals surface area contributed by atoms with E-state index in [9.17, 15) is 14.3 Å². The standard InChI is InChI=1S/C26H25ClFN5O2/c1-26(29)6-8-32(15-26)23-12-17(5-7-30-23)20-14-18(28)13-19(24(20)34)16-3-4-22(21(27)11-16)33-10-9-31(2)25(33)35/h3-5,7,9-14,34H,6,8,15,29H2,1-2H3/t26-/m1/s1. The highest BCUT2D eigenvalue weighted by molar-refractivity contribution is 6.32. The van der Waals surface area contributed by atoms with Crippen LogP contribution in [-0.4, -0.2) is 37.9 Å². The summed E-state index contributed by atoms with van der Waals surface area (Å²) in [5, 5.41) is 11.5. The summed E-state index contributed by atoms with van der Waals surface area (Å²) < 4.78 is 17.6. The van der Waals surface area contributed by atoms with Gasteiger partial charge in [-0.25, -0.2) is 14.2 Å². The Bertz CT molecular complexity index is 1490. The molecule has 0 unspecified atom stereocenters. The maximum Gasteiger partial charge on any atom is 0.332 e. The molecule has 5 rings (SSSR count). The number of aromatic hydroxyl groups is 1. The van der Waals surface area contributed by atoms with Crippen molar-refractivity contribution in [1.82, 2.24) is 14.1 Å². The zero-order valence-electron chi connectivity index (χ0n) is 19.4. The minimum atomic E-state index is -0.499. The van der Waals surface area contributed by atoms with Crippen molar-refractivity contribution in [2.24, 2.45) is 12.8 Å². The van der Waals surface area contributed by atoms with Gasteiger partial charge in [-0.05, 0) is 60.9 Å². The van der Waals surface area contributed by atoms with Crippen molar-refractivity contribution in [2.75, 3.05) is 18.0 Å². The summed E-state index contributed by atoms with van der Waals surface area (Å²) in [6.45, 7) is 3.45. The molecule has 0 spiro atoms. The van der Waals surface area contributed by atoms with Crippen LogP contribution in [0.3, 0.4) is 0 Å². The normalized spacial score (nSPS) is 17.8. The number of anilines is 1. The van der Waals surface area contributed by atoms with Gasteiger partial charge in [-0.2, -0.15) is 0 Å². The SMILES string of the molecule is Cn1ccn(-c2ccc(-c3cc(F)cc(-c4ccnc(N5CC[C@@](C)(N)C5)c4)c3O)cc2Cl)c1=O. The fourth-order valence-corrected chi connectivity index (χ4v) is 4.77. The average Bonchev–Trinajstić information content (AvgIpc) is 3.36. The summed E-state index contributed by atoms with van der Waals surface area (Å²) in [4.78, 5) is 18.8. The highest BCUT2D eigenvalue weighted by Gasteiger charge is 2.30. The number of imidazole rings is 1. The molecule has 1 aliphatic heterocycles. The lowest BCUT2D eigenvalue weighted by Gasteiger charge is -2.21. The van der Waals surface area contributed by atoms with Crippen LogP contribution in [0.25, 0.3) is 27.9 Å². The van der Waals surface area contributed by atoms with Gasteiger partial charge >= 0.3 is 5.69 Å². The molecule has 1 aliphatic rings. The number of hydrogen-bond donors (Lipinski definition) is 2. The Morgan fingerprint density at radius 1 is 1.11 bits per heavy atom. The number of halogens is 2. The molecule has 2 aromatic heterocycles. The van der Waals surface area contributed by atoms with Crippen molar-refractivity contribution in [2.45, 2.75) is 18.9 Å². The van der Waals surface area contributed by atoms with E-state index in [4.69, 9.17) is 17.3 Å². The highest BCUT2D eigenvalue weighted by Crippen LogP contribution is 2.41. The molecule has 1 atom stereocenters. The topological polar surface area (TPSA) is 89.3 Å². The number of aryl methyl sites for hydroxylation is 1. The second kappa shape index (κ2) is 8.55. The monoisotopic (exact) mass is 493 g/mol. The Labute approximate surface area is 206 Å². The smallest absolute Gasteiger partial charge is 0.332 e. The predicted octanol–water partition coefficient (Wildman–Crippen LogP) is 4.33. The maximum atomic E-state index is 14.7. The van der Waals surface area contributed by atoms with Crippen LogP contribution in [0.1, 0.15) is 13.3 Å². The fraction of sp³-hybridized carbons (Fsp3) is 0.231. The van der Waals surface area contributed by atoms with Gasteiger partial charge in [0.05, 0.1) is 10.7 Å². The van der Waals surface area contributed by atoms with E-state index < -0.39 is 5.82 Å². The lowest BCUT2D eigenvalue weighted by atomic mass is 9.97. The molecule has 1 fully saturated rings. The minimum absolute atomic E-state index is 0.0747. The summed E-state index contributed by atoms with van der Waals surface area (Å²) >= 11 is 6.49. The molecule has 180 valence electrons. The van der Waals surface area contributed by atoms with E-state index in [0.29, 0.717) is 39.5 Å². The molecule has 0 radical (unpaired) electrons. The molecule has 9 heteroatoms. The summed E-state index contributed by atoms with van der Waals surface area (Å²) in [6.07, 6.45) is 5.75. The lowest BCUT2D eigenvalue weighted by molar-refractivity contribution is 0.477. The van der Waals surface area contributed by atoms with Gasteiger partial charge in [0.25, 0.3) is 0 Å². The number of hydrogen-bond acceptors (Lipinski definition) is 5. The molecular weight excluding hydrogens is 469 g/mol. The number of phenolic OH excluding ortho intramolecular Hbond substituents is 1. The van der Waals surface area contributed by atoms with Crippen LogP contribution in [0.15, 0.2) is 65.8 Å². The van der Waals surface area contributed by atoms with Gasteiger partial charge in [-0.1, -0.05) is 17.7 Å². The molecule has 7 nitrogen and oxygen atoms in total. The minimum Gasteiger partial charge on any atom is -0.507 e. The number of rotatable bonds is 4. The van der Waals surface area contributed by atoms with Gasteiger partial charge in [0.15, 0.2) is 0 Å². The molecule has 4 aromatic rings. The third-order valence-electron chi connectivity index (χ3n) is 6.43. The molecule has 3 N–H and O–H groups in total. The highest BCUT2D eigenvalue weighted by atomic mass is 35.5. The van der Waals surface area contributed by atoms with Crippen LogP contribution in [-0.2, 0) is 7.05 Å². The second-order valence-electron chi connectivity index (χ2n) is 9.31. The molecule has 1 saturated heterocycles. The van der Waals surface area contributed by atoms with Crippen LogP contribution in [0.4, 0.5) is 10.2 Å². The van der Waals surface area contributed by atoms with Crippen LogP contribution >= 0.6 is 11.6 Å². The number of aromatic nitrogens is 3. The van der Waals surface area contributed by atoms with E-state index in [1.165, 1.54) is 21.3 Å². The molecule has 3 heterocycles. The van der Waals surface area contributed by atoms with Gasteiger partial charge in [0.1, 0.15) is 17.4 Å². The van der Waals surface area contributed by atoms with E-state index in [0.717, 1.165) is 18.8 Å². The Balaban J connectivity index is 1.54. The van der Waals surface area contributed by atoms with E-state index in [-0.39, 0.29) is 17.0 Å². The van der Waals surface area contributed by atoms with Crippen LogP contribution < -0.4 is 16.3 Å². The van der Waals surface area contributed by atoms with Crippen LogP contribution in [0, 0.1) is 5.82 Å². The largest absolute Gasteiger partial charge is 0.507 e. The molecule has 2 aromatic carbocycles. The van der Waals surface area contributed by atoms with Gasteiger partial charge in [-0.3, -0.25) is 4.57 Å². The first-order chi connectivity index (χ1) is 16.6. The van der Waals surface area contributed by atoms with Crippen molar-refractivity contribution >= 4 is 17.4 Å². The van der Waals surface area contributed by atoms with Crippen molar-refractivity contribution < 1.29 is 9.50 Å². The van der Waals surface area contributed by atoms with Gasteiger partial charge in [0, 0.05) is 55.4 Å². The first-order valence-electron chi connectivity index (χ1n) is 11.2. The third-order valence-corrected chi connectivity index (χ3v) is 6.73. The first kappa shape index (κ1) is 23.1. The number of nitrogens with zero attached hydrogens (tertiary/aromatic N) is 4. The number of pyridine rings is 1. The van der Waals surface area contributed by atoms with Crippen LogP contribution in [0.5, 0.6) is 5.75 Å². The van der Waals surface area contributed by atoms with Crippen LogP contribution in [0.2, 0.25) is 5.02 Å². The zero-order valence-corrected chi connectivity index (χ0v) is 20.1. The Morgan fingerprint density at radius 2 is 1.83 bits per heavy atom. The van der Waals surface area contributed by atoms with E-state index in [1.54, 1.807) is 49.9 Å². The van der Waals surface area contributed by atoms with Crippen molar-refractivity contribution in [3.63, 3.8) is 0 Å². The van der Waals surface area contributed by atoms with Crippen molar-refractivity contribution in [1.29, 1.82) is 0 Å². The quantitative estimate of drug-likeness (QED) is 0.441. The molecule has 35 heavy (non-hydrogen) atoms. The van der Waals surface area contributed by atoms with E-state index >= 15 is 0 Å². The summed E-state index contributed by atoms with van der Waals surface area (Å²) in [7, 11) is 1.65. The zero-order chi connectivity index (χ0) is 24.9. The summed E-state index contributed by atoms with van der Waals surface area (Å²) in [6, 6.07) is 11.1. The summed E-state index contributed by atoms with van der Waals surface area (Å²) in [5.74, 6) is 0.151. The van der Waals surface area contributed by atoms with Gasteiger partial charge < -0.3 is 20.3 Å². The Kier molecular flexibility index (Phi) is 5.65. The van der Waals surface area contributed by atoms with Gasteiger partial charge in [-0.15, -0.1) is 0 Å². The van der Waals surface area contributed by atoms with E-state index in [1.807, 2.05) is 13.0 Å². The number of phenols is 1. The molecule has 0 bridgehead atoms. The summed E-state index contributed by atoms with van der Waals surface area (Å²) in [5.41, 5.74) is 8.03. The average molecular weight is 494 g/mol. The third kappa shape index (κ3) is 4.31. The first-order valence-corrected chi connectivity index (χ1v) is 11.6. The predicted molar refractivity (Wildman–Crippen MR) is 136 cm³/mol. The number of benzene rings is 2. The Hall–Kier alpha value is -3.62. The number of nitrogens with two attached hydrogens (primary N) is 1. The molecular formula is C26H25ClFN5O2. The van der Waals surface area contributed by atoms with Crippen molar-refractivity contribution in [3.05, 3.63) is 82.4 Å². The van der Waals surface area contributed by atoms with E-state index in [2.05, 4.69) is 9.88 Å². The molecule has 0 saturated carbocycles. The second-order valence-corrected chi connectivity index (χ2v) is 9.71. The maximum absolute atomic E-state index is 14.7. The Morgan fingerprint density at radius 3 is 2.43 bits per heavy atom. The molecule has 0 aliphatic carbocycles. The lowest BCUT2D eigenvalue weighted by Crippen LogP contribution is -2.39.